The van der Waals surface area contributed by atoms with E-state index in [-0.39, 0.29) is 6.10 Å². The van der Waals surface area contributed by atoms with Crippen LogP contribution in [0.2, 0.25) is 0 Å². The molecule has 3 fully saturated rings. The molecule has 0 aromatic carbocycles. The summed E-state index contributed by atoms with van der Waals surface area (Å²) in [5.41, 5.74) is 0.512. The molecule has 1 saturated carbocycles. The summed E-state index contributed by atoms with van der Waals surface area (Å²) in [6.07, 6.45) is 7.58. The molecule has 0 aromatic rings. The van der Waals surface area contributed by atoms with E-state index >= 15 is 0 Å². The Kier molecular flexibility index (Phi) is 3.89. The van der Waals surface area contributed by atoms with E-state index in [2.05, 4.69) is 15.1 Å². The maximum Gasteiger partial charge on any atom is 0.0938 e. The van der Waals surface area contributed by atoms with Crippen molar-refractivity contribution >= 4 is 0 Å². The lowest BCUT2D eigenvalue weighted by atomic mass is 9.61. The SMILES string of the molecule is OOC1CC2(CCN(CC3CCNCC3)CC2)C1. The lowest BCUT2D eigenvalue weighted by Gasteiger charge is -2.51. The third-order valence-electron chi connectivity index (χ3n) is 5.36. The molecule has 18 heavy (non-hydrogen) atoms. The Balaban J connectivity index is 1.40. The normalized spacial score (nSPS) is 30.5. The van der Waals surface area contributed by atoms with Crippen molar-refractivity contribution in [3.05, 3.63) is 0 Å². The lowest BCUT2D eigenvalue weighted by molar-refractivity contribution is -0.316. The van der Waals surface area contributed by atoms with Crippen molar-refractivity contribution < 1.29 is 10.1 Å². The van der Waals surface area contributed by atoms with E-state index in [4.69, 9.17) is 5.26 Å². The molecule has 104 valence electrons. The smallest absolute Gasteiger partial charge is 0.0938 e. The molecule has 0 amide bonds. The highest BCUT2D eigenvalue weighted by Gasteiger charge is 2.46. The van der Waals surface area contributed by atoms with Crippen molar-refractivity contribution in [2.75, 3.05) is 32.7 Å². The Hall–Kier alpha value is -0.160. The van der Waals surface area contributed by atoms with Gasteiger partial charge < -0.3 is 10.2 Å². The van der Waals surface area contributed by atoms with E-state index in [0.717, 1.165) is 18.8 Å². The number of piperidine rings is 2. The topological polar surface area (TPSA) is 44.7 Å². The van der Waals surface area contributed by atoms with Crippen LogP contribution in [0, 0.1) is 11.3 Å². The molecule has 0 bridgehead atoms. The summed E-state index contributed by atoms with van der Waals surface area (Å²) in [5, 5.41) is 12.1. The Morgan fingerprint density at radius 3 is 2.44 bits per heavy atom. The van der Waals surface area contributed by atoms with Crippen molar-refractivity contribution in [2.45, 2.75) is 44.6 Å². The minimum atomic E-state index is 0.126. The highest BCUT2D eigenvalue weighted by Crippen LogP contribution is 2.50. The molecule has 3 rings (SSSR count). The molecule has 0 radical (unpaired) electrons. The Bertz CT molecular complexity index is 263. The molecule has 1 aliphatic carbocycles. The number of nitrogens with zero attached hydrogens (tertiary/aromatic N) is 1. The molecule has 4 nitrogen and oxygen atoms in total. The highest BCUT2D eigenvalue weighted by atomic mass is 17.1. The third kappa shape index (κ3) is 2.72. The van der Waals surface area contributed by atoms with Crippen LogP contribution in [0.3, 0.4) is 0 Å². The second-order valence-corrected chi connectivity index (χ2v) is 6.63. The number of nitrogens with one attached hydrogen (secondary N) is 1. The fraction of sp³-hybridized carbons (Fsp3) is 1.00. The summed E-state index contributed by atoms with van der Waals surface area (Å²) in [6, 6.07) is 0. The molecular weight excluding hydrogens is 228 g/mol. The van der Waals surface area contributed by atoms with Crippen LogP contribution in [0.15, 0.2) is 0 Å². The lowest BCUT2D eigenvalue weighted by Crippen LogP contribution is -2.50. The quantitative estimate of drug-likeness (QED) is 0.594. The summed E-state index contributed by atoms with van der Waals surface area (Å²) in [5.74, 6) is 0.912. The van der Waals surface area contributed by atoms with Crippen molar-refractivity contribution in [3.63, 3.8) is 0 Å². The summed E-state index contributed by atoms with van der Waals surface area (Å²) in [6.45, 7) is 6.22. The van der Waals surface area contributed by atoms with Crippen LogP contribution in [0.4, 0.5) is 0 Å². The van der Waals surface area contributed by atoms with Crippen molar-refractivity contribution in [1.82, 2.24) is 10.2 Å². The van der Waals surface area contributed by atoms with Gasteiger partial charge in [-0.3, -0.25) is 5.26 Å². The Labute approximate surface area is 110 Å². The van der Waals surface area contributed by atoms with Gasteiger partial charge in [0.15, 0.2) is 0 Å². The Morgan fingerprint density at radius 2 is 1.83 bits per heavy atom. The fourth-order valence-corrected chi connectivity index (χ4v) is 4.03. The van der Waals surface area contributed by atoms with E-state index < -0.39 is 0 Å². The Morgan fingerprint density at radius 1 is 1.17 bits per heavy atom. The molecule has 2 N–H and O–H groups in total. The number of hydrogen-bond donors (Lipinski definition) is 2. The van der Waals surface area contributed by atoms with E-state index in [1.807, 2.05) is 0 Å². The maximum absolute atomic E-state index is 8.65. The van der Waals surface area contributed by atoms with Gasteiger partial charge >= 0.3 is 0 Å². The molecule has 0 atom stereocenters. The summed E-state index contributed by atoms with van der Waals surface area (Å²) in [4.78, 5) is 7.10. The van der Waals surface area contributed by atoms with Crippen molar-refractivity contribution in [2.24, 2.45) is 11.3 Å². The zero-order valence-electron chi connectivity index (χ0n) is 11.2. The van der Waals surface area contributed by atoms with Crippen LogP contribution in [-0.4, -0.2) is 49.0 Å². The van der Waals surface area contributed by atoms with E-state index in [0.29, 0.717) is 5.41 Å². The van der Waals surface area contributed by atoms with Gasteiger partial charge in [-0.1, -0.05) is 0 Å². The highest BCUT2D eigenvalue weighted by molar-refractivity contribution is 4.97. The monoisotopic (exact) mass is 254 g/mol. The molecule has 0 aromatic heterocycles. The van der Waals surface area contributed by atoms with Gasteiger partial charge in [-0.05, 0) is 76.0 Å². The zero-order valence-corrected chi connectivity index (χ0v) is 11.2. The number of hydrogen-bond acceptors (Lipinski definition) is 4. The number of rotatable bonds is 3. The summed E-state index contributed by atoms with van der Waals surface area (Å²) < 4.78 is 0. The second-order valence-electron chi connectivity index (χ2n) is 6.63. The molecule has 3 aliphatic rings. The van der Waals surface area contributed by atoms with Gasteiger partial charge in [0.25, 0.3) is 0 Å². The minimum absolute atomic E-state index is 0.126. The van der Waals surface area contributed by atoms with Crippen molar-refractivity contribution in [3.8, 4) is 0 Å². The maximum atomic E-state index is 8.65. The summed E-state index contributed by atoms with van der Waals surface area (Å²) in [7, 11) is 0. The second kappa shape index (κ2) is 5.45. The average Bonchev–Trinajstić information content (AvgIpc) is 2.38. The van der Waals surface area contributed by atoms with Gasteiger partial charge in [-0.2, -0.15) is 0 Å². The van der Waals surface area contributed by atoms with Gasteiger partial charge in [0, 0.05) is 6.54 Å². The number of likely N-dealkylation sites (tertiary alicyclic amines) is 1. The standard InChI is InChI=1S/C14H26N2O2/c17-18-13-9-14(10-13)3-7-16(8-4-14)11-12-1-5-15-6-2-12/h12-13,15,17H,1-11H2. The molecule has 2 heterocycles. The summed E-state index contributed by atoms with van der Waals surface area (Å²) >= 11 is 0. The fourth-order valence-electron chi connectivity index (χ4n) is 4.03. The first-order chi connectivity index (χ1) is 8.80. The van der Waals surface area contributed by atoms with Crippen LogP contribution in [0.1, 0.15) is 38.5 Å². The molecular formula is C14H26N2O2. The minimum Gasteiger partial charge on any atom is -0.317 e. The van der Waals surface area contributed by atoms with Gasteiger partial charge in [0.05, 0.1) is 6.10 Å². The molecule has 0 unspecified atom stereocenters. The van der Waals surface area contributed by atoms with Gasteiger partial charge in [0.2, 0.25) is 0 Å². The van der Waals surface area contributed by atoms with Gasteiger partial charge in [0.1, 0.15) is 0 Å². The largest absolute Gasteiger partial charge is 0.317 e. The van der Waals surface area contributed by atoms with Crippen LogP contribution in [0.5, 0.6) is 0 Å². The van der Waals surface area contributed by atoms with Gasteiger partial charge in [-0.25, -0.2) is 4.89 Å². The van der Waals surface area contributed by atoms with Gasteiger partial charge in [-0.15, -0.1) is 0 Å². The van der Waals surface area contributed by atoms with Crippen LogP contribution >= 0.6 is 0 Å². The molecule has 2 saturated heterocycles. The molecule has 2 aliphatic heterocycles. The molecule has 1 spiro atoms. The van der Waals surface area contributed by atoms with Crippen LogP contribution in [0.25, 0.3) is 0 Å². The van der Waals surface area contributed by atoms with Crippen LogP contribution < -0.4 is 5.32 Å². The van der Waals surface area contributed by atoms with E-state index in [1.165, 1.54) is 58.4 Å². The van der Waals surface area contributed by atoms with E-state index in [9.17, 15) is 0 Å². The third-order valence-corrected chi connectivity index (χ3v) is 5.36. The zero-order chi connectivity index (χ0) is 12.4. The first-order valence-electron chi connectivity index (χ1n) is 7.53. The van der Waals surface area contributed by atoms with Crippen LogP contribution in [-0.2, 0) is 4.89 Å². The van der Waals surface area contributed by atoms with Crippen molar-refractivity contribution in [1.29, 1.82) is 0 Å². The predicted molar refractivity (Wildman–Crippen MR) is 70.4 cm³/mol. The first kappa shape index (κ1) is 12.9. The molecule has 4 heteroatoms. The van der Waals surface area contributed by atoms with E-state index in [1.54, 1.807) is 0 Å². The predicted octanol–water partition coefficient (Wildman–Crippen LogP) is 1.72. The first-order valence-corrected chi connectivity index (χ1v) is 7.53. The average molecular weight is 254 g/mol.